The summed E-state index contributed by atoms with van der Waals surface area (Å²) in [4.78, 5) is 0. The quantitative estimate of drug-likeness (QED) is 0.817. The standard InChI is InChI=1S/C12H14ClNO2/c13-10-4-8-6-15-7-16-12(8)5-9(10)11-2-1-3-14-11/h4-5,11,14H,1-3,6-7H2. The molecule has 1 saturated heterocycles. The molecular formula is C12H14ClNO2. The highest BCUT2D eigenvalue weighted by molar-refractivity contribution is 6.31. The van der Waals surface area contributed by atoms with E-state index < -0.39 is 0 Å². The molecule has 1 aromatic rings. The fraction of sp³-hybridized carbons (Fsp3) is 0.500. The summed E-state index contributed by atoms with van der Waals surface area (Å²) >= 11 is 6.29. The first-order valence-electron chi connectivity index (χ1n) is 5.61. The third-order valence-corrected chi connectivity index (χ3v) is 3.50. The monoisotopic (exact) mass is 239 g/mol. The second-order valence-electron chi connectivity index (χ2n) is 4.24. The van der Waals surface area contributed by atoms with Crippen LogP contribution in [0.1, 0.15) is 30.0 Å². The molecule has 3 rings (SSSR count). The molecule has 0 aliphatic carbocycles. The zero-order valence-corrected chi connectivity index (χ0v) is 9.72. The van der Waals surface area contributed by atoms with Gasteiger partial charge in [0.2, 0.25) is 0 Å². The molecular weight excluding hydrogens is 226 g/mol. The Labute approximate surface area is 99.7 Å². The second-order valence-corrected chi connectivity index (χ2v) is 4.65. The largest absolute Gasteiger partial charge is 0.467 e. The average molecular weight is 240 g/mol. The van der Waals surface area contributed by atoms with Gasteiger partial charge in [-0.25, -0.2) is 0 Å². The maximum Gasteiger partial charge on any atom is 0.189 e. The van der Waals surface area contributed by atoms with E-state index in [2.05, 4.69) is 11.4 Å². The maximum atomic E-state index is 6.29. The highest BCUT2D eigenvalue weighted by Crippen LogP contribution is 2.35. The van der Waals surface area contributed by atoms with Gasteiger partial charge in [0.1, 0.15) is 5.75 Å². The van der Waals surface area contributed by atoms with Crippen molar-refractivity contribution in [3.63, 3.8) is 0 Å². The molecule has 1 fully saturated rings. The highest BCUT2D eigenvalue weighted by atomic mass is 35.5. The first kappa shape index (κ1) is 10.4. The van der Waals surface area contributed by atoms with Gasteiger partial charge in [0, 0.05) is 16.6 Å². The number of nitrogens with one attached hydrogen (secondary N) is 1. The van der Waals surface area contributed by atoms with Crippen LogP contribution in [0.5, 0.6) is 5.75 Å². The molecule has 0 bridgehead atoms. The predicted molar refractivity (Wildman–Crippen MR) is 61.7 cm³/mol. The van der Waals surface area contributed by atoms with Crippen LogP contribution in [-0.4, -0.2) is 13.3 Å². The third kappa shape index (κ3) is 1.79. The van der Waals surface area contributed by atoms with Crippen molar-refractivity contribution in [2.45, 2.75) is 25.5 Å². The molecule has 1 atom stereocenters. The van der Waals surface area contributed by atoms with Crippen LogP contribution in [0, 0.1) is 0 Å². The van der Waals surface area contributed by atoms with Crippen LogP contribution in [0.15, 0.2) is 12.1 Å². The molecule has 86 valence electrons. The lowest BCUT2D eigenvalue weighted by Crippen LogP contribution is -2.16. The minimum absolute atomic E-state index is 0.339. The lowest BCUT2D eigenvalue weighted by Gasteiger charge is -2.21. The summed E-state index contributed by atoms with van der Waals surface area (Å²) in [5.74, 6) is 0.916. The molecule has 0 aromatic heterocycles. The molecule has 0 radical (unpaired) electrons. The molecule has 2 aliphatic heterocycles. The van der Waals surface area contributed by atoms with Gasteiger partial charge < -0.3 is 14.8 Å². The second kappa shape index (κ2) is 4.24. The fourth-order valence-electron chi connectivity index (χ4n) is 2.33. The van der Waals surface area contributed by atoms with E-state index in [1.165, 1.54) is 6.42 Å². The maximum absolute atomic E-state index is 6.29. The molecule has 16 heavy (non-hydrogen) atoms. The number of hydrogen-bond acceptors (Lipinski definition) is 3. The number of ether oxygens (including phenoxy) is 2. The molecule has 3 nitrogen and oxygen atoms in total. The molecule has 0 spiro atoms. The number of fused-ring (bicyclic) bond motifs is 1. The van der Waals surface area contributed by atoms with Crippen LogP contribution in [0.2, 0.25) is 5.02 Å². The fourth-order valence-corrected chi connectivity index (χ4v) is 2.65. The minimum Gasteiger partial charge on any atom is -0.467 e. The van der Waals surface area contributed by atoms with Crippen LogP contribution in [0.25, 0.3) is 0 Å². The summed E-state index contributed by atoms with van der Waals surface area (Å²) in [5.41, 5.74) is 2.19. The molecule has 1 unspecified atom stereocenters. The highest BCUT2D eigenvalue weighted by Gasteiger charge is 2.22. The van der Waals surface area contributed by atoms with Gasteiger partial charge >= 0.3 is 0 Å². The summed E-state index contributed by atoms with van der Waals surface area (Å²) in [5, 5.41) is 4.26. The number of hydrogen-bond donors (Lipinski definition) is 1. The van der Waals surface area contributed by atoms with E-state index in [4.69, 9.17) is 21.1 Å². The zero-order valence-electron chi connectivity index (χ0n) is 8.96. The lowest BCUT2D eigenvalue weighted by atomic mass is 10.0. The minimum atomic E-state index is 0.339. The Morgan fingerprint density at radius 1 is 1.38 bits per heavy atom. The van der Waals surface area contributed by atoms with Crippen molar-refractivity contribution in [1.82, 2.24) is 5.32 Å². The Morgan fingerprint density at radius 3 is 3.12 bits per heavy atom. The first-order chi connectivity index (χ1) is 7.84. The Hall–Kier alpha value is -0.770. The molecule has 0 saturated carbocycles. The van der Waals surface area contributed by atoms with E-state index in [1.807, 2.05) is 6.07 Å². The van der Waals surface area contributed by atoms with Crippen LogP contribution in [-0.2, 0) is 11.3 Å². The summed E-state index contributed by atoms with van der Waals surface area (Å²) in [6, 6.07) is 4.40. The van der Waals surface area contributed by atoms with Gasteiger partial charge in [0.05, 0.1) is 6.61 Å². The Kier molecular flexibility index (Phi) is 2.75. The van der Waals surface area contributed by atoms with Crippen molar-refractivity contribution in [2.24, 2.45) is 0 Å². The van der Waals surface area contributed by atoms with Crippen molar-refractivity contribution in [3.8, 4) is 5.75 Å². The topological polar surface area (TPSA) is 30.5 Å². The van der Waals surface area contributed by atoms with Crippen LogP contribution in [0.4, 0.5) is 0 Å². The number of benzene rings is 1. The molecule has 4 heteroatoms. The van der Waals surface area contributed by atoms with E-state index in [0.29, 0.717) is 19.4 Å². The van der Waals surface area contributed by atoms with E-state index in [-0.39, 0.29) is 0 Å². The average Bonchev–Trinajstić information content (AvgIpc) is 2.81. The first-order valence-corrected chi connectivity index (χ1v) is 5.98. The predicted octanol–water partition coefficient (Wildman–Crippen LogP) is 2.63. The van der Waals surface area contributed by atoms with Gasteiger partial charge in [-0.1, -0.05) is 11.6 Å². The Morgan fingerprint density at radius 2 is 2.31 bits per heavy atom. The van der Waals surface area contributed by atoms with Gasteiger partial charge in [-0.05, 0) is 37.1 Å². The van der Waals surface area contributed by atoms with Gasteiger partial charge in [0.15, 0.2) is 6.79 Å². The van der Waals surface area contributed by atoms with Gasteiger partial charge in [-0.3, -0.25) is 0 Å². The summed E-state index contributed by atoms with van der Waals surface area (Å²) in [6.45, 7) is 2.00. The molecule has 2 heterocycles. The third-order valence-electron chi connectivity index (χ3n) is 3.17. The van der Waals surface area contributed by atoms with Crippen molar-refractivity contribution >= 4 is 11.6 Å². The van der Waals surface area contributed by atoms with E-state index in [1.54, 1.807) is 0 Å². The SMILES string of the molecule is Clc1cc2c(cc1C1CCCN1)OCOC2. The van der Waals surface area contributed by atoms with Crippen molar-refractivity contribution in [1.29, 1.82) is 0 Å². The van der Waals surface area contributed by atoms with Gasteiger partial charge in [0.25, 0.3) is 0 Å². The van der Waals surface area contributed by atoms with Crippen LogP contribution >= 0.6 is 11.6 Å². The lowest BCUT2D eigenvalue weighted by molar-refractivity contribution is -0.0164. The van der Waals surface area contributed by atoms with Crippen molar-refractivity contribution in [2.75, 3.05) is 13.3 Å². The number of halogens is 1. The van der Waals surface area contributed by atoms with Crippen LogP contribution in [0.3, 0.4) is 0 Å². The summed E-state index contributed by atoms with van der Waals surface area (Å²) in [6.07, 6.45) is 2.36. The smallest absolute Gasteiger partial charge is 0.189 e. The van der Waals surface area contributed by atoms with Crippen LogP contribution < -0.4 is 10.1 Å². The molecule has 1 N–H and O–H groups in total. The molecule has 2 aliphatic rings. The van der Waals surface area contributed by atoms with Crippen molar-refractivity contribution in [3.05, 3.63) is 28.3 Å². The van der Waals surface area contributed by atoms with Gasteiger partial charge in [-0.15, -0.1) is 0 Å². The van der Waals surface area contributed by atoms with Gasteiger partial charge in [-0.2, -0.15) is 0 Å². The molecule has 0 amide bonds. The summed E-state index contributed by atoms with van der Waals surface area (Å²) in [7, 11) is 0. The Bertz CT molecular complexity index is 402. The zero-order chi connectivity index (χ0) is 11.0. The van der Waals surface area contributed by atoms with E-state index >= 15 is 0 Å². The number of rotatable bonds is 1. The Balaban J connectivity index is 1.98. The normalized spacial score (nSPS) is 23.9. The van der Waals surface area contributed by atoms with E-state index in [9.17, 15) is 0 Å². The van der Waals surface area contributed by atoms with E-state index in [0.717, 1.165) is 34.9 Å². The molecule has 1 aromatic carbocycles. The van der Waals surface area contributed by atoms with Crippen molar-refractivity contribution < 1.29 is 9.47 Å². The summed E-state index contributed by atoms with van der Waals surface area (Å²) < 4.78 is 10.7.